The molecule has 0 spiro atoms. The van der Waals surface area contributed by atoms with Crippen molar-refractivity contribution < 1.29 is 9.53 Å². The number of benzene rings is 2. The van der Waals surface area contributed by atoms with Crippen molar-refractivity contribution >= 4 is 16.8 Å². The summed E-state index contributed by atoms with van der Waals surface area (Å²) in [4.78, 5) is 39.5. The SMILES string of the molecule is CCn1c(=O)c2ccccc2n(CC(=O)N(C)CCOc2cccc(C)c2)c1=O. The molecule has 0 saturated heterocycles. The first-order valence-electron chi connectivity index (χ1n) is 9.58. The molecule has 0 atom stereocenters. The molecule has 29 heavy (non-hydrogen) atoms. The fourth-order valence-electron chi connectivity index (χ4n) is 3.19. The van der Waals surface area contributed by atoms with Gasteiger partial charge in [-0.1, -0.05) is 24.3 Å². The van der Waals surface area contributed by atoms with Crippen LogP contribution in [0.2, 0.25) is 0 Å². The minimum Gasteiger partial charge on any atom is -0.492 e. The number of aromatic nitrogens is 2. The summed E-state index contributed by atoms with van der Waals surface area (Å²) in [5, 5.41) is 0.423. The second-order valence-corrected chi connectivity index (χ2v) is 6.92. The fourth-order valence-corrected chi connectivity index (χ4v) is 3.19. The van der Waals surface area contributed by atoms with E-state index in [0.29, 0.717) is 24.1 Å². The lowest BCUT2D eigenvalue weighted by atomic mass is 10.2. The molecular formula is C22H25N3O4. The van der Waals surface area contributed by atoms with Crippen molar-refractivity contribution in [3.63, 3.8) is 0 Å². The van der Waals surface area contributed by atoms with Gasteiger partial charge in [0.1, 0.15) is 18.9 Å². The van der Waals surface area contributed by atoms with Gasteiger partial charge in [-0.2, -0.15) is 0 Å². The van der Waals surface area contributed by atoms with Crippen LogP contribution in [0.3, 0.4) is 0 Å². The van der Waals surface area contributed by atoms with Gasteiger partial charge in [-0.25, -0.2) is 4.79 Å². The highest BCUT2D eigenvalue weighted by Crippen LogP contribution is 2.12. The van der Waals surface area contributed by atoms with E-state index in [9.17, 15) is 14.4 Å². The standard InChI is InChI=1S/C22H25N3O4/c1-4-24-21(27)18-10-5-6-11-19(18)25(22(24)28)15-20(26)23(3)12-13-29-17-9-7-8-16(2)14-17/h5-11,14H,4,12-13,15H2,1-3H3. The first-order valence-corrected chi connectivity index (χ1v) is 9.58. The van der Waals surface area contributed by atoms with Crippen molar-refractivity contribution in [2.24, 2.45) is 0 Å². The highest BCUT2D eigenvalue weighted by atomic mass is 16.5. The van der Waals surface area contributed by atoms with Gasteiger partial charge in [-0.3, -0.25) is 18.7 Å². The van der Waals surface area contributed by atoms with Crippen LogP contribution in [-0.4, -0.2) is 40.1 Å². The molecule has 0 aliphatic carbocycles. The largest absolute Gasteiger partial charge is 0.492 e. The lowest BCUT2D eigenvalue weighted by Gasteiger charge is -2.19. The normalized spacial score (nSPS) is 10.9. The molecule has 0 unspecified atom stereocenters. The highest BCUT2D eigenvalue weighted by Gasteiger charge is 2.16. The zero-order valence-electron chi connectivity index (χ0n) is 16.9. The summed E-state index contributed by atoms with van der Waals surface area (Å²) in [6.07, 6.45) is 0. The van der Waals surface area contributed by atoms with Crippen LogP contribution in [-0.2, 0) is 17.9 Å². The Labute approximate surface area is 168 Å². The molecule has 0 aliphatic heterocycles. The van der Waals surface area contributed by atoms with Gasteiger partial charge < -0.3 is 9.64 Å². The van der Waals surface area contributed by atoms with E-state index in [-0.39, 0.29) is 24.6 Å². The van der Waals surface area contributed by atoms with Crippen LogP contribution in [0, 0.1) is 6.92 Å². The Balaban J connectivity index is 1.75. The number of fused-ring (bicyclic) bond motifs is 1. The molecule has 152 valence electrons. The maximum absolute atomic E-state index is 12.8. The molecule has 7 heteroatoms. The Kier molecular flexibility index (Phi) is 6.16. The van der Waals surface area contributed by atoms with Gasteiger partial charge in [0.15, 0.2) is 0 Å². The number of para-hydroxylation sites is 1. The molecule has 1 amide bonds. The van der Waals surface area contributed by atoms with Crippen LogP contribution in [0.1, 0.15) is 12.5 Å². The average Bonchev–Trinajstić information content (AvgIpc) is 2.71. The van der Waals surface area contributed by atoms with E-state index >= 15 is 0 Å². The van der Waals surface area contributed by atoms with E-state index in [4.69, 9.17) is 4.74 Å². The molecule has 3 aromatic rings. The molecule has 2 aromatic carbocycles. The van der Waals surface area contributed by atoms with Crippen molar-refractivity contribution in [2.75, 3.05) is 20.2 Å². The van der Waals surface area contributed by atoms with Crippen molar-refractivity contribution in [3.05, 3.63) is 74.9 Å². The summed E-state index contributed by atoms with van der Waals surface area (Å²) in [6.45, 7) is 4.55. The van der Waals surface area contributed by atoms with Crippen molar-refractivity contribution in [3.8, 4) is 5.75 Å². The first-order chi connectivity index (χ1) is 13.9. The number of ether oxygens (including phenoxy) is 1. The average molecular weight is 395 g/mol. The smallest absolute Gasteiger partial charge is 0.331 e. The summed E-state index contributed by atoms with van der Waals surface area (Å²) in [6, 6.07) is 14.6. The molecule has 3 rings (SSSR count). The van der Waals surface area contributed by atoms with Crippen LogP contribution in [0.5, 0.6) is 5.75 Å². The number of carbonyl (C=O) groups excluding carboxylic acids is 1. The molecule has 1 aromatic heterocycles. The summed E-state index contributed by atoms with van der Waals surface area (Å²) < 4.78 is 8.21. The van der Waals surface area contributed by atoms with Crippen molar-refractivity contribution in [1.82, 2.24) is 14.0 Å². The fraction of sp³-hybridized carbons (Fsp3) is 0.318. The van der Waals surface area contributed by atoms with Crippen LogP contribution < -0.4 is 16.0 Å². The Morgan fingerprint density at radius 1 is 1.07 bits per heavy atom. The number of amides is 1. The van der Waals surface area contributed by atoms with Gasteiger partial charge in [0, 0.05) is 13.6 Å². The predicted octanol–water partition coefficient (Wildman–Crippen LogP) is 2.03. The third-order valence-corrected chi connectivity index (χ3v) is 4.85. The Bertz CT molecular complexity index is 1150. The minimum atomic E-state index is -0.478. The summed E-state index contributed by atoms with van der Waals surface area (Å²) >= 11 is 0. The van der Waals surface area contributed by atoms with E-state index < -0.39 is 5.69 Å². The van der Waals surface area contributed by atoms with Gasteiger partial charge in [0.2, 0.25) is 5.91 Å². The molecule has 0 bridgehead atoms. The second kappa shape index (κ2) is 8.77. The third kappa shape index (κ3) is 4.39. The monoisotopic (exact) mass is 395 g/mol. The molecule has 0 fully saturated rings. The molecule has 0 N–H and O–H groups in total. The second-order valence-electron chi connectivity index (χ2n) is 6.92. The highest BCUT2D eigenvalue weighted by molar-refractivity contribution is 5.81. The van der Waals surface area contributed by atoms with Crippen molar-refractivity contribution in [1.29, 1.82) is 0 Å². The van der Waals surface area contributed by atoms with Gasteiger partial charge in [0.05, 0.1) is 17.4 Å². The van der Waals surface area contributed by atoms with Crippen LogP contribution in [0.4, 0.5) is 0 Å². The van der Waals surface area contributed by atoms with Gasteiger partial charge in [-0.15, -0.1) is 0 Å². The predicted molar refractivity (Wildman–Crippen MR) is 112 cm³/mol. The molecule has 1 heterocycles. The maximum Gasteiger partial charge on any atom is 0.331 e. The van der Waals surface area contributed by atoms with E-state index in [2.05, 4.69) is 0 Å². The van der Waals surface area contributed by atoms with Crippen molar-refractivity contribution in [2.45, 2.75) is 26.9 Å². The number of hydrogen-bond acceptors (Lipinski definition) is 4. The number of carbonyl (C=O) groups is 1. The number of rotatable bonds is 7. The van der Waals surface area contributed by atoms with Gasteiger partial charge >= 0.3 is 5.69 Å². The quantitative estimate of drug-likeness (QED) is 0.614. The number of likely N-dealkylation sites (N-methyl/N-ethyl adjacent to an activating group) is 1. The Morgan fingerprint density at radius 3 is 2.55 bits per heavy atom. The lowest BCUT2D eigenvalue weighted by molar-refractivity contribution is -0.130. The Hall–Kier alpha value is -3.35. The van der Waals surface area contributed by atoms with Gasteiger partial charge in [0.25, 0.3) is 5.56 Å². The lowest BCUT2D eigenvalue weighted by Crippen LogP contribution is -2.43. The third-order valence-electron chi connectivity index (χ3n) is 4.85. The number of aryl methyl sites for hydroxylation is 1. The van der Waals surface area contributed by atoms with Crippen LogP contribution >= 0.6 is 0 Å². The summed E-state index contributed by atoms with van der Waals surface area (Å²) in [5.41, 5.74) is 0.750. The van der Waals surface area contributed by atoms with Crippen LogP contribution in [0.25, 0.3) is 10.9 Å². The summed E-state index contributed by atoms with van der Waals surface area (Å²) in [5.74, 6) is 0.523. The Morgan fingerprint density at radius 2 is 1.83 bits per heavy atom. The van der Waals surface area contributed by atoms with E-state index in [0.717, 1.165) is 15.9 Å². The zero-order valence-corrected chi connectivity index (χ0v) is 16.9. The topological polar surface area (TPSA) is 73.5 Å². The van der Waals surface area contributed by atoms with E-state index in [1.807, 2.05) is 31.2 Å². The van der Waals surface area contributed by atoms with Gasteiger partial charge in [-0.05, 0) is 43.7 Å². The summed E-state index contributed by atoms with van der Waals surface area (Å²) in [7, 11) is 1.67. The number of nitrogens with zero attached hydrogens (tertiary/aromatic N) is 3. The minimum absolute atomic E-state index is 0.138. The molecule has 0 radical (unpaired) electrons. The van der Waals surface area contributed by atoms with E-state index in [1.165, 1.54) is 9.47 Å². The number of hydrogen-bond donors (Lipinski definition) is 0. The van der Waals surface area contributed by atoms with Crippen LogP contribution in [0.15, 0.2) is 58.1 Å². The molecule has 0 aliphatic rings. The zero-order chi connectivity index (χ0) is 21.0. The molecular weight excluding hydrogens is 370 g/mol. The molecule has 0 saturated carbocycles. The first kappa shape index (κ1) is 20.4. The maximum atomic E-state index is 12.8. The molecule has 7 nitrogen and oxygen atoms in total. The van der Waals surface area contributed by atoms with E-state index in [1.54, 1.807) is 38.2 Å².